The lowest BCUT2D eigenvalue weighted by Gasteiger charge is -2.37. The highest BCUT2D eigenvalue weighted by Gasteiger charge is 2.27. The minimum Gasteiger partial charge on any atom is -0.445 e. The van der Waals surface area contributed by atoms with Crippen LogP contribution in [0.25, 0.3) is 0 Å². The van der Waals surface area contributed by atoms with Gasteiger partial charge in [-0.25, -0.2) is 4.79 Å². The van der Waals surface area contributed by atoms with Crippen molar-refractivity contribution in [2.45, 2.75) is 38.1 Å². The number of alkyl carbamates (subject to hydrolysis) is 1. The minimum absolute atomic E-state index is 0.115. The third kappa shape index (κ3) is 5.79. The molecule has 1 heterocycles. The van der Waals surface area contributed by atoms with Gasteiger partial charge >= 0.3 is 6.09 Å². The highest BCUT2D eigenvalue weighted by molar-refractivity contribution is 5.67. The molecule has 150 valence electrons. The van der Waals surface area contributed by atoms with Crippen molar-refractivity contribution in [3.8, 4) is 0 Å². The van der Waals surface area contributed by atoms with E-state index in [1.54, 1.807) is 0 Å². The summed E-state index contributed by atoms with van der Waals surface area (Å²) in [6.45, 7) is 1.60. The van der Waals surface area contributed by atoms with Crippen LogP contribution in [0.15, 0.2) is 54.6 Å². The molecule has 0 fully saturated rings. The van der Waals surface area contributed by atoms with E-state index < -0.39 is 12.2 Å². The van der Waals surface area contributed by atoms with Gasteiger partial charge in [-0.1, -0.05) is 54.6 Å². The molecule has 3 N–H and O–H groups in total. The Morgan fingerprint density at radius 3 is 2.61 bits per heavy atom. The molecule has 0 bridgehead atoms. The second-order valence-corrected chi connectivity index (χ2v) is 7.16. The van der Waals surface area contributed by atoms with Crippen molar-refractivity contribution in [1.82, 2.24) is 10.2 Å². The van der Waals surface area contributed by atoms with Gasteiger partial charge in [-0.2, -0.15) is 0 Å². The van der Waals surface area contributed by atoms with Crippen molar-refractivity contribution in [3.05, 3.63) is 71.3 Å². The first-order chi connectivity index (χ1) is 13.7. The molecular weight excluding hydrogens is 356 g/mol. The van der Waals surface area contributed by atoms with Crippen LogP contribution in [0.5, 0.6) is 0 Å². The quantitative estimate of drug-likeness (QED) is 0.649. The highest BCUT2D eigenvalue weighted by Crippen LogP contribution is 2.24. The maximum atomic E-state index is 11.9. The van der Waals surface area contributed by atoms with Gasteiger partial charge in [0, 0.05) is 32.3 Å². The molecule has 1 aliphatic heterocycles. The fourth-order valence-corrected chi connectivity index (χ4v) is 3.60. The van der Waals surface area contributed by atoms with Crippen LogP contribution in [-0.4, -0.2) is 53.0 Å². The minimum atomic E-state index is -0.712. The zero-order valence-electron chi connectivity index (χ0n) is 16.0. The van der Waals surface area contributed by atoms with Gasteiger partial charge < -0.3 is 20.3 Å². The summed E-state index contributed by atoms with van der Waals surface area (Å²) >= 11 is 0. The van der Waals surface area contributed by atoms with Crippen molar-refractivity contribution in [2.75, 3.05) is 19.7 Å². The van der Waals surface area contributed by atoms with E-state index in [0.717, 1.165) is 18.5 Å². The summed E-state index contributed by atoms with van der Waals surface area (Å²) < 4.78 is 5.17. The van der Waals surface area contributed by atoms with E-state index in [2.05, 4.69) is 22.3 Å². The van der Waals surface area contributed by atoms with Crippen LogP contribution in [0.4, 0.5) is 4.79 Å². The normalized spacial score (nSPS) is 17.6. The van der Waals surface area contributed by atoms with Crippen molar-refractivity contribution in [2.24, 2.45) is 0 Å². The predicted octanol–water partition coefficient (Wildman–Crippen LogP) is 2.08. The third-order valence-corrected chi connectivity index (χ3v) is 5.07. The Hall–Kier alpha value is -2.41. The zero-order valence-corrected chi connectivity index (χ0v) is 16.0. The van der Waals surface area contributed by atoms with Crippen LogP contribution in [0.2, 0.25) is 0 Å². The number of amides is 1. The Bertz CT molecular complexity index is 753. The molecule has 6 nitrogen and oxygen atoms in total. The van der Waals surface area contributed by atoms with E-state index in [9.17, 15) is 15.0 Å². The molecule has 0 saturated carbocycles. The number of ether oxygens (including phenoxy) is 1. The number of fused-ring (bicyclic) bond motifs is 1. The summed E-state index contributed by atoms with van der Waals surface area (Å²) in [7, 11) is 0. The Labute approximate surface area is 165 Å². The summed E-state index contributed by atoms with van der Waals surface area (Å²) in [4.78, 5) is 14.0. The number of aliphatic hydroxyl groups is 2. The van der Waals surface area contributed by atoms with Gasteiger partial charge in [0.05, 0.1) is 6.10 Å². The standard InChI is InChI=1S/C22H28N2O4/c25-11-10-20-12-18-8-4-5-9-19(18)14-24(20)15-21(26)13-23-22(27)28-16-17-6-2-1-3-7-17/h1-9,20-21,25-26H,10-16H2,(H,23,27). The smallest absolute Gasteiger partial charge is 0.407 e. The maximum Gasteiger partial charge on any atom is 0.407 e. The topological polar surface area (TPSA) is 82.0 Å². The number of benzene rings is 2. The lowest BCUT2D eigenvalue weighted by atomic mass is 9.92. The number of carbonyl (C=O) groups excluding carboxylic acids is 1. The summed E-state index contributed by atoms with van der Waals surface area (Å²) in [6, 6.07) is 17.9. The van der Waals surface area contributed by atoms with E-state index >= 15 is 0 Å². The van der Waals surface area contributed by atoms with Crippen molar-refractivity contribution < 1.29 is 19.7 Å². The van der Waals surface area contributed by atoms with Crippen LogP contribution < -0.4 is 5.32 Å². The Kier molecular flexibility index (Phi) is 7.42. The molecule has 2 unspecified atom stereocenters. The van der Waals surface area contributed by atoms with E-state index in [0.29, 0.717) is 13.0 Å². The molecule has 28 heavy (non-hydrogen) atoms. The van der Waals surface area contributed by atoms with Crippen molar-refractivity contribution in [3.63, 3.8) is 0 Å². The number of β-amino-alcohol motifs (C(OH)–C–C–N with tert-alkyl or cyclic N) is 1. The van der Waals surface area contributed by atoms with E-state index in [1.807, 2.05) is 42.5 Å². The molecule has 2 atom stereocenters. The maximum absolute atomic E-state index is 11.9. The van der Waals surface area contributed by atoms with E-state index in [4.69, 9.17) is 4.74 Å². The number of hydrogen-bond acceptors (Lipinski definition) is 5. The second kappa shape index (κ2) is 10.2. The lowest BCUT2D eigenvalue weighted by Crippen LogP contribution is -2.47. The second-order valence-electron chi connectivity index (χ2n) is 7.16. The first-order valence-electron chi connectivity index (χ1n) is 9.70. The molecule has 3 rings (SSSR count). The van der Waals surface area contributed by atoms with Gasteiger partial charge in [0.25, 0.3) is 0 Å². The largest absolute Gasteiger partial charge is 0.445 e. The highest BCUT2D eigenvalue weighted by atomic mass is 16.5. The fraction of sp³-hybridized carbons (Fsp3) is 0.409. The average molecular weight is 384 g/mol. The van der Waals surface area contributed by atoms with E-state index in [1.165, 1.54) is 11.1 Å². The first-order valence-corrected chi connectivity index (χ1v) is 9.70. The number of nitrogens with one attached hydrogen (secondary N) is 1. The third-order valence-electron chi connectivity index (χ3n) is 5.07. The monoisotopic (exact) mass is 384 g/mol. The van der Waals surface area contributed by atoms with Gasteiger partial charge in [-0.15, -0.1) is 0 Å². The molecule has 2 aromatic rings. The lowest BCUT2D eigenvalue weighted by molar-refractivity contribution is 0.0626. The molecule has 0 radical (unpaired) electrons. The molecule has 1 amide bonds. The number of aliphatic hydroxyl groups excluding tert-OH is 2. The number of nitrogens with zero attached hydrogens (tertiary/aromatic N) is 1. The van der Waals surface area contributed by atoms with Crippen LogP contribution >= 0.6 is 0 Å². The number of hydrogen-bond donors (Lipinski definition) is 3. The Morgan fingerprint density at radius 1 is 1.14 bits per heavy atom. The van der Waals surface area contributed by atoms with Gasteiger partial charge in [-0.05, 0) is 29.5 Å². The van der Waals surface area contributed by atoms with Crippen LogP contribution in [0.1, 0.15) is 23.1 Å². The van der Waals surface area contributed by atoms with Gasteiger partial charge in [0.2, 0.25) is 0 Å². The fourth-order valence-electron chi connectivity index (χ4n) is 3.60. The van der Waals surface area contributed by atoms with Gasteiger partial charge in [-0.3, -0.25) is 4.90 Å². The van der Waals surface area contributed by atoms with Crippen LogP contribution in [0, 0.1) is 0 Å². The Balaban J connectivity index is 1.46. The zero-order chi connectivity index (χ0) is 19.8. The predicted molar refractivity (Wildman–Crippen MR) is 107 cm³/mol. The molecular formula is C22H28N2O4. The van der Waals surface area contributed by atoms with Gasteiger partial charge in [0.15, 0.2) is 0 Å². The molecule has 1 aliphatic rings. The van der Waals surface area contributed by atoms with E-state index in [-0.39, 0.29) is 25.8 Å². The summed E-state index contributed by atoms with van der Waals surface area (Å²) in [5.41, 5.74) is 3.46. The SMILES string of the molecule is O=C(NCC(O)CN1Cc2ccccc2CC1CCO)OCc1ccccc1. The van der Waals surface area contributed by atoms with Gasteiger partial charge in [0.1, 0.15) is 6.61 Å². The summed E-state index contributed by atoms with van der Waals surface area (Å²) in [5.74, 6) is 0. The molecule has 0 saturated heterocycles. The van der Waals surface area contributed by atoms with Crippen LogP contribution in [0.3, 0.4) is 0 Å². The number of carbonyl (C=O) groups is 1. The summed E-state index contributed by atoms with van der Waals surface area (Å²) in [5, 5.41) is 22.4. The molecule has 0 spiro atoms. The number of rotatable bonds is 8. The van der Waals surface area contributed by atoms with Crippen LogP contribution in [-0.2, 0) is 24.3 Å². The van der Waals surface area contributed by atoms with Crippen molar-refractivity contribution >= 4 is 6.09 Å². The molecule has 2 aromatic carbocycles. The average Bonchev–Trinajstić information content (AvgIpc) is 2.72. The Morgan fingerprint density at radius 2 is 1.86 bits per heavy atom. The molecule has 0 aromatic heterocycles. The summed E-state index contributed by atoms with van der Waals surface area (Å²) in [6.07, 6.45) is 0.262. The molecule has 0 aliphatic carbocycles. The van der Waals surface area contributed by atoms with Crippen molar-refractivity contribution in [1.29, 1.82) is 0 Å². The molecule has 6 heteroatoms. The first kappa shape index (κ1) is 20.3.